The van der Waals surface area contributed by atoms with E-state index in [-0.39, 0.29) is 11.8 Å². The molecule has 0 bridgehead atoms. The Hall–Kier alpha value is -2.97. The van der Waals surface area contributed by atoms with Crippen molar-refractivity contribution in [1.82, 2.24) is 10.8 Å². The molecule has 0 radical (unpaired) electrons. The van der Waals surface area contributed by atoms with Gasteiger partial charge in [0.25, 0.3) is 5.91 Å². The summed E-state index contributed by atoms with van der Waals surface area (Å²) < 4.78 is 29.7. The van der Waals surface area contributed by atoms with Crippen LogP contribution in [0.2, 0.25) is 0 Å². The van der Waals surface area contributed by atoms with Crippen LogP contribution in [-0.2, 0) is 11.3 Å². The van der Waals surface area contributed by atoms with E-state index in [0.717, 1.165) is 37.2 Å². The van der Waals surface area contributed by atoms with Crippen molar-refractivity contribution in [2.75, 3.05) is 18.0 Å². The van der Waals surface area contributed by atoms with Crippen molar-refractivity contribution in [2.24, 2.45) is 0 Å². The van der Waals surface area contributed by atoms with Crippen LogP contribution in [0.4, 0.5) is 14.5 Å². The first kappa shape index (κ1) is 21.7. The lowest BCUT2D eigenvalue weighted by Gasteiger charge is -2.35. The molecule has 1 aliphatic heterocycles. The number of carbonyl (C=O) groups is 1. The largest absolute Gasteiger partial charge is 0.434 e. The average Bonchev–Trinajstić information content (AvgIpc) is 2.77. The van der Waals surface area contributed by atoms with Gasteiger partial charge < -0.3 is 15.0 Å². The Morgan fingerprint density at radius 2 is 1.87 bits per heavy atom. The second kappa shape index (κ2) is 10.7. The molecule has 6 nitrogen and oxygen atoms in total. The number of hydrogen-bond donors (Lipinski definition) is 3. The molecule has 0 aromatic heterocycles. The quantitative estimate of drug-likeness (QED) is 0.348. The molecule has 0 aliphatic carbocycles. The van der Waals surface area contributed by atoms with E-state index >= 15 is 0 Å². The maximum Gasteiger partial charge on any atom is 0.387 e. The van der Waals surface area contributed by atoms with Gasteiger partial charge in [-0.2, -0.15) is 8.78 Å². The van der Waals surface area contributed by atoms with E-state index in [0.29, 0.717) is 12.1 Å². The Balaban J connectivity index is 1.56. The molecule has 160 valence electrons. The molecule has 3 N–H and O–H groups in total. The molecule has 8 heteroatoms. The zero-order chi connectivity index (χ0) is 21.3. The van der Waals surface area contributed by atoms with Gasteiger partial charge in [-0.25, -0.2) is 5.48 Å². The number of nitrogens with one attached hydrogen (secondary N) is 2. The predicted molar refractivity (Wildman–Crippen MR) is 111 cm³/mol. The number of benzene rings is 2. The molecule has 2 aromatic carbocycles. The van der Waals surface area contributed by atoms with Crippen molar-refractivity contribution in [2.45, 2.75) is 32.0 Å². The molecule has 1 amide bonds. The highest BCUT2D eigenvalue weighted by molar-refractivity contribution is 5.91. The molecule has 1 aliphatic rings. The Labute approximate surface area is 174 Å². The fourth-order valence-electron chi connectivity index (χ4n) is 3.56. The van der Waals surface area contributed by atoms with Crippen LogP contribution in [0.25, 0.3) is 6.08 Å². The molecule has 3 rings (SSSR count). The molecule has 0 atom stereocenters. The maximum absolute atomic E-state index is 12.6. The summed E-state index contributed by atoms with van der Waals surface area (Å²) >= 11 is 0. The van der Waals surface area contributed by atoms with Gasteiger partial charge in [0.2, 0.25) is 0 Å². The average molecular weight is 417 g/mol. The minimum Gasteiger partial charge on any atom is -0.434 e. The molecule has 2 aromatic rings. The van der Waals surface area contributed by atoms with E-state index in [1.165, 1.54) is 6.08 Å². The minimum absolute atomic E-state index is 0.199. The molecule has 1 fully saturated rings. The van der Waals surface area contributed by atoms with Crippen LogP contribution in [0.3, 0.4) is 0 Å². The number of ether oxygens (including phenoxy) is 1. The first-order valence-electron chi connectivity index (χ1n) is 9.79. The predicted octanol–water partition coefficient (Wildman–Crippen LogP) is 3.57. The van der Waals surface area contributed by atoms with Crippen molar-refractivity contribution in [1.29, 1.82) is 0 Å². The number of halogens is 2. The van der Waals surface area contributed by atoms with Crippen molar-refractivity contribution < 1.29 is 23.5 Å². The van der Waals surface area contributed by atoms with Crippen molar-refractivity contribution in [3.63, 3.8) is 0 Å². The fourth-order valence-corrected chi connectivity index (χ4v) is 3.56. The van der Waals surface area contributed by atoms with Gasteiger partial charge in [0.15, 0.2) is 0 Å². The Morgan fingerprint density at radius 1 is 1.17 bits per heavy atom. The number of piperidine rings is 1. The van der Waals surface area contributed by atoms with Gasteiger partial charge in [-0.15, -0.1) is 0 Å². The van der Waals surface area contributed by atoms with E-state index in [9.17, 15) is 13.6 Å². The number of hydroxylamine groups is 1. The van der Waals surface area contributed by atoms with Crippen molar-refractivity contribution >= 4 is 17.7 Å². The number of rotatable bonds is 8. The smallest absolute Gasteiger partial charge is 0.387 e. The number of anilines is 1. The molecule has 0 spiro atoms. The van der Waals surface area contributed by atoms with Gasteiger partial charge in [-0.05, 0) is 36.6 Å². The van der Waals surface area contributed by atoms with Crippen LogP contribution < -0.4 is 20.4 Å². The van der Waals surface area contributed by atoms with E-state index < -0.39 is 12.5 Å². The molecule has 1 heterocycles. The van der Waals surface area contributed by atoms with Crippen LogP contribution in [-0.4, -0.2) is 36.9 Å². The lowest BCUT2D eigenvalue weighted by atomic mass is 10.0. The normalized spacial score (nSPS) is 15.0. The maximum atomic E-state index is 12.6. The Kier molecular flexibility index (Phi) is 7.75. The summed E-state index contributed by atoms with van der Waals surface area (Å²) in [5.41, 5.74) is 4.21. The summed E-state index contributed by atoms with van der Waals surface area (Å²) in [4.78, 5) is 13.5. The van der Waals surface area contributed by atoms with Crippen LogP contribution >= 0.6 is 0 Å². The lowest BCUT2D eigenvalue weighted by Crippen LogP contribution is -2.42. The highest BCUT2D eigenvalue weighted by Crippen LogP contribution is 2.26. The summed E-state index contributed by atoms with van der Waals surface area (Å²) in [7, 11) is 0. The molecular formula is C22H25F2N3O3. The third kappa shape index (κ3) is 6.01. The summed E-state index contributed by atoms with van der Waals surface area (Å²) in [6.07, 6.45) is 4.75. The zero-order valence-electron chi connectivity index (χ0n) is 16.4. The van der Waals surface area contributed by atoms with Crippen molar-refractivity contribution in [3.05, 3.63) is 65.7 Å². The van der Waals surface area contributed by atoms with Crippen LogP contribution in [0.1, 0.15) is 24.0 Å². The van der Waals surface area contributed by atoms with E-state index in [1.807, 2.05) is 24.3 Å². The first-order valence-corrected chi connectivity index (χ1v) is 9.79. The SMILES string of the molecule is O=C(C=Cc1ccccc1N1CCC(NCc2ccccc2OC(F)F)CC1)NO. The van der Waals surface area contributed by atoms with Gasteiger partial charge in [-0.1, -0.05) is 36.4 Å². The van der Waals surface area contributed by atoms with E-state index in [1.54, 1.807) is 35.8 Å². The summed E-state index contributed by atoms with van der Waals surface area (Å²) in [5, 5.41) is 12.1. The lowest BCUT2D eigenvalue weighted by molar-refractivity contribution is -0.124. The molecule has 30 heavy (non-hydrogen) atoms. The Bertz CT molecular complexity index is 868. The summed E-state index contributed by atoms with van der Waals surface area (Å²) in [6.45, 7) is -0.733. The fraction of sp³-hybridized carbons (Fsp3) is 0.318. The number of alkyl halides is 2. The topological polar surface area (TPSA) is 73.8 Å². The van der Waals surface area contributed by atoms with E-state index in [4.69, 9.17) is 5.21 Å². The first-order chi connectivity index (χ1) is 14.6. The number of carbonyl (C=O) groups excluding carboxylic acids is 1. The van der Waals surface area contributed by atoms with Gasteiger partial charge in [-0.3, -0.25) is 10.0 Å². The zero-order valence-corrected chi connectivity index (χ0v) is 16.4. The number of hydrogen-bond acceptors (Lipinski definition) is 5. The second-order valence-electron chi connectivity index (χ2n) is 7.00. The molecule has 1 saturated heterocycles. The van der Waals surface area contributed by atoms with Gasteiger partial charge >= 0.3 is 6.61 Å². The molecule has 0 saturated carbocycles. The number of amides is 1. The van der Waals surface area contributed by atoms with Crippen LogP contribution in [0.15, 0.2) is 54.6 Å². The van der Waals surface area contributed by atoms with E-state index in [2.05, 4.69) is 15.0 Å². The third-order valence-electron chi connectivity index (χ3n) is 5.07. The summed E-state index contributed by atoms with van der Waals surface area (Å²) in [6, 6.07) is 14.8. The van der Waals surface area contributed by atoms with Gasteiger partial charge in [0, 0.05) is 43.0 Å². The second-order valence-corrected chi connectivity index (χ2v) is 7.00. The highest BCUT2D eigenvalue weighted by atomic mass is 19.3. The number of nitrogens with zero attached hydrogens (tertiary/aromatic N) is 1. The monoisotopic (exact) mass is 417 g/mol. The third-order valence-corrected chi connectivity index (χ3v) is 5.07. The molecular weight excluding hydrogens is 392 g/mol. The minimum atomic E-state index is -2.84. The van der Waals surface area contributed by atoms with Gasteiger partial charge in [0.05, 0.1) is 0 Å². The van der Waals surface area contributed by atoms with Crippen LogP contribution in [0, 0.1) is 0 Å². The Morgan fingerprint density at radius 3 is 2.60 bits per heavy atom. The van der Waals surface area contributed by atoms with Gasteiger partial charge in [0.1, 0.15) is 5.75 Å². The van der Waals surface area contributed by atoms with Crippen molar-refractivity contribution in [3.8, 4) is 5.75 Å². The highest BCUT2D eigenvalue weighted by Gasteiger charge is 2.21. The van der Waals surface area contributed by atoms with Crippen LogP contribution in [0.5, 0.6) is 5.75 Å². The standard InChI is InChI=1S/C22H25F2N3O3/c23-22(24)30-20-8-4-2-6-17(20)15-25-18-11-13-27(14-12-18)19-7-3-1-5-16(19)9-10-21(28)26-29/h1-10,18,22,25,29H,11-15H2,(H,26,28). The summed E-state index contributed by atoms with van der Waals surface area (Å²) in [5.74, 6) is -0.381. The molecule has 0 unspecified atom stereocenters. The number of para-hydroxylation sites is 2.